The predicted molar refractivity (Wildman–Crippen MR) is 224 cm³/mol. The van der Waals surface area contributed by atoms with Crippen LogP contribution >= 0.6 is 0 Å². The number of aromatic nitrogens is 3. The number of fused-ring (bicyclic) bond motifs is 2. The van der Waals surface area contributed by atoms with Gasteiger partial charge in [0, 0.05) is 96.2 Å². The number of imide groups is 1. The quantitative estimate of drug-likeness (QED) is 0.201. The SMILES string of the molecule is Cc1ccc(N2CCC(c3ccc(N4CCC(CN5CCN(Cc6cccc7c6n(C)c(=O)n7C6CCC(=O)NC6=O)CC5)CC4)cc3)CC2)c2[nH]cc(C#N)c12. The van der Waals surface area contributed by atoms with E-state index in [0.29, 0.717) is 18.3 Å². The molecule has 12 heteroatoms. The zero-order valence-electron chi connectivity index (χ0n) is 33.2. The minimum Gasteiger partial charge on any atom is -0.372 e. The Hall–Kier alpha value is -5.38. The maximum Gasteiger partial charge on any atom is 0.329 e. The van der Waals surface area contributed by atoms with Gasteiger partial charge in [0.2, 0.25) is 11.8 Å². The standard InChI is InChI=1S/C45H53N9O3/c1-30-6-11-37(42-41(30)35(26-46)27-47-42)53-20-16-33(17-21-53)32-7-9-36(10-8-32)52-18-14-31(15-19-52)28-50-22-24-51(25-23-50)29-34-4-3-5-38-43(34)49(2)45(57)54(38)39-12-13-40(55)48-44(39)56/h3-11,27,31,33,39,47H,12-25,28-29H2,1-2H3,(H,48,55,56). The molecule has 1 unspecified atom stereocenters. The number of rotatable bonds is 8. The van der Waals surface area contributed by atoms with E-state index in [1.807, 2.05) is 18.3 Å². The van der Waals surface area contributed by atoms with E-state index in [4.69, 9.17) is 0 Å². The molecule has 0 saturated carbocycles. The number of carbonyl (C=O) groups excluding carboxylic acids is 2. The molecule has 0 bridgehead atoms. The molecule has 12 nitrogen and oxygen atoms in total. The van der Waals surface area contributed by atoms with Gasteiger partial charge in [-0.3, -0.25) is 28.9 Å². The van der Waals surface area contributed by atoms with Crippen LogP contribution in [0, 0.1) is 24.2 Å². The highest BCUT2D eigenvalue weighted by atomic mass is 16.2. The number of nitriles is 1. The van der Waals surface area contributed by atoms with Crippen molar-refractivity contribution in [2.75, 3.05) is 68.7 Å². The van der Waals surface area contributed by atoms with Crippen LogP contribution in [0.3, 0.4) is 0 Å². The molecule has 4 fully saturated rings. The number of piperidine rings is 3. The molecule has 6 heterocycles. The minimum absolute atomic E-state index is 0.220. The summed E-state index contributed by atoms with van der Waals surface area (Å²) in [5, 5.41) is 13.0. The molecule has 0 radical (unpaired) electrons. The van der Waals surface area contributed by atoms with Crippen LogP contribution in [0.5, 0.6) is 0 Å². The number of amides is 2. The Labute approximate surface area is 333 Å². The number of anilines is 2. The fourth-order valence-electron chi connectivity index (χ4n) is 10.2. The lowest BCUT2D eigenvalue weighted by Crippen LogP contribution is -2.48. The predicted octanol–water partition coefficient (Wildman–Crippen LogP) is 5.40. The Bertz CT molecular complexity index is 2400. The van der Waals surface area contributed by atoms with Gasteiger partial charge in [0.05, 0.1) is 27.8 Å². The number of aryl methyl sites for hydroxylation is 2. The van der Waals surface area contributed by atoms with E-state index in [0.717, 1.165) is 117 Å². The Balaban J connectivity index is 0.741. The Morgan fingerprint density at radius 2 is 1.53 bits per heavy atom. The second kappa shape index (κ2) is 15.5. The van der Waals surface area contributed by atoms with E-state index in [-0.39, 0.29) is 18.0 Å². The van der Waals surface area contributed by atoms with E-state index in [2.05, 4.69) is 85.4 Å². The summed E-state index contributed by atoms with van der Waals surface area (Å²) in [5.74, 6) is 0.590. The van der Waals surface area contributed by atoms with Gasteiger partial charge in [-0.15, -0.1) is 0 Å². The lowest BCUT2D eigenvalue weighted by molar-refractivity contribution is -0.135. The van der Waals surface area contributed by atoms with Crippen molar-refractivity contribution in [3.8, 4) is 6.07 Å². The maximum absolute atomic E-state index is 13.4. The van der Waals surface area contributed by atoms with Gasteiger partial charge in [0.25, 0.3) is 0 Å². The zero-order valence-corrected chi connectivity index (χ0v) is 33.2. The summed E-state index contributed by atoms with van der Waals surface area (Å²) in [7, 11) is 1.78. The number of imidazole rings is 1. The first-order valence-electron chi connectivity index (χ1n) is 20.8. The van der Waals surface area contributed by atoms with Crippen molar-refractivity contribution in [1.29, 1.82) is 5.26 Å². The molecule has 9 rings (SSSR count). The average molecular weight is 768 g/mol. The van der Waals surface area contributed by atoms with Gasteiger partial charge >= 0.3 is 5.69 Å². The van der Waals surface area contributed by atoms with Crippen LogP contribution in [-0.2, 0) is 23.2 Å². The van der Waals surface area contributed by atoms with Crippen LogP contribution in [0.4, 0.5) is 11.4 Å². The summed E-state index contributed by atoms with van der Waals surface area (Å²) in [6.07, 6.45) is 7.08. The van der Waals surface area contributed by atoms with Gasteiger partial charge in [0.15, 0.2) is 0 Å². The maximum atomic E-state index is 13.4. The topological polar surface area (TPSA) is 126 Å². The minimum atomic E-state index is -0.672. The van der Waals surface area contributed by atoms with Gasteiger partial charge in [0.1, 0.15) is 12.1 Å². The van der Waals surface area contributed by atoms with Crippen molar-refractivity contribution >= 4 is 45.1 Å². The molecule has 4 saturated heterocycles. The molecule has 2 aromatic heterocycles. The fraction of sp³-hybridized carbons (Fsp3) is 0.467. The van der Waals surface area contributed by atoms with E-state index < -0.39 is 11.9 Å². The lowest BCUT2D eigenvalue weighted by Gasteiger charge is -2.39. The van der Waals surface area contributed by atoms with Gasteiger partial charge in [-0.1, -0.05) is 30.3 Å². The summed E-state index contributed by atoms with van der Waals surface area (Å²) in [5.41, 5.74) is 9.42. The molecule has 2 N–H and O–H groups in total. The molecule has 5 aromatic rings. The normalized spacial score (nSPS) is 20.8. The molecule has 4 aliphatic rings. The molecule has 4 aliphatic heterocycles. The second-order valence-corrected chi connectivity index (χ2v) is 16.8. The molecule has 0 spiro atoms. The molecule has 296 valence electrons. The Morgan fingerprint density at radius 1 is 0.807 bits per heavy atom. The molecule has 2 amide bonds. The van der Waals surface area contributed by atoms with Crippen molar-refractivity contribution in [2.45, 2.75) is 64.0 Å². The highest BCUT2D eigenvalue weighted by Crippen LogP contribution is 2.36. The molecule has 0 aliphatic carbocycles. The van der Waals surface area contributed by atoms with Crippen LogP contribution in [-0.4, -0.2) is 94.6 Å². The molecule has 57 heavy (non-hydrogen) atoms. The van der Waals surface area contributed by atoms with E-state index in [9.17, 15) is 19.6 Å². The monoisotopic (exact) mass is 767 g/mol. The van der Waals surface area contributed by atoms with Crippen LogP contribution in [0.25, 0.3) is 21.9 Å². The highest BCUT2D eigenvalue weighted by molar-refractivity contribution is 6.00. The number of piperazine rings is 1. The van der Waals surface area contributed by atoms with Crippen molar-refractivity contribution in [1.82, 2.24) is 29.2 Å². The lowest BCUT2D eigenvalue weighted by atomic mass is 9.88. The van der Waals surface area contributed by atoms with Crippen LogP contribution in [0.2, 0.25) is 0 Å². The van der Waals surface area contributed by atoms with Gasteiger partial charge < -0.3 is 19.7 Å². The van der Waals surface area contributed by atoms with Gasteiger partial charge in [-0.2, -0.15) is 5.26 Å². The van der Waals surface area contributed by atoms with Crippen LogP contribution in [0.15, 0.2) is 65.6 Å². The van der Waals surface area contributed by atoms with Crippen molar-refractivity contribution in [3.63, 3.8) is 0 Å². The summed E-state index contributed by atoms with van der Waals surface area (Å²) < 4.78 is 3.24. The zero-order chi connectivity index (χ0) is 39.2. The largest absolute Gasteiger partial charge is 0.372 e. The number of hydrogen-bond acceptors (Lipinski definition) is 8. The van der Waals surface area contributed by atoms with Crippen molar-refractivity contribution in [2.24, 2.45) is 13.0 Å². The van der Waals surface area contributed by atoms with Crippen molar-refractivity contribution in [3.05, 3.63) is 93.5 Å². The fourth-order valence-corrected chi connectivity index (χ4v) is 10.2. The number of benzene rings is 3. The summed E-state index contributed by atoms with van der Waals surface area (Å²) in [4.78, 5) is 51.4. The smallest absolute Gasteiger partial charge is 0.329 e. The second-order valence-electron chi connectivity index (χ2n) is 16.8. The number of nitrogens with zero attached hydrogens (tertiary/aromatic N) is 7. The first-order chi connectivity index (χ1) is 27.7. The van der Waals surface area contributed by atoms with Crippen molar-refractivity contribution < 1.29 is 9.59 Å². The molecular formula is C45H53N9O3. The third kappa shape index (κ3) is 7.12. The first-order valence-corrected chi connectivity index (χ1v) is 20.8. The highest BCUT2D eigenvalue weighted by Gasteiger charge is 2.32. The van der Waals surface area contributed by atoms with Gasteiger partial charge in [-0.05, 0) is 91.8 Å². The number of carbonyl (C=O) groups is 2. The molecule has 3 aromatic carbocycles. The number of para-hydroxylation sites is 1. The Kier molecular flexibility index (Phi) is 10.1. The summed E-state index contributed by atoms with van der Waals surface area (Å²) in [6.45, 7) is 12.2. The number of hydrogen-bond donors (Lipinski definition) is 2. The van der Waals surface area contributed by atoms with E-state index in [1.165, 1.54) is 29.8 Å². The number of nitrogens with one attached hydrogen (secondary N) is 2. The molecular weight excluding hydrogens is 715 g/mol. The number of H-pyrrole nitrogens is 1. The first kappa shape index (κ1) is 37.2. The van der Waals surface area contributed by atoms with E-state index in [1.54, 1.807) is 16.2 Å². The summed E-state index contributed by atoms with van der Waals surface area (Å²) >= 11 is 0. The third-order valence-electron chi connectivity index (χ3n) is 13.4. The number of aromatic amines is 1. The van der Waals surface area contributed by atoms with Crippen LogP contribution < -0.4 is 20.8 Å². The van der Waals surface area contributed by atoms with Crippen LogP contribution in [0.1, 0.15) is 72.7 Å². The Morgan fingerprint density at radius 3 is 2.25 bits per heavy atom. The molecule has 1 atom stereocenters. The third-order valence-corrected chi connectivity index (χ3v) is 13.4. The average Bonchev–Trinajstić information content (AvgIpc) is 3.78. The summed E-state index contributed by atoms with van der Waals surface area (Å²) in [6, 6.07) is 21.4. The van der Waals surface area contributed by atoms with E-state index >= 15 is 0 Å². The van der Waals surface area contributed by atoms with Gasteiger partial charge in [-0.25, -0.2) is 4.79 Å².